The smallest absolute Gasteiger partial charge is 0.440 e. The largest absolute Gasteiger partial charge is 0.490 e. The molecular formula is C11H15F3N2O2. The molecule has 18 heavy (non-hydrogen) atoms. The Labute approximate surface area is 103 Å². The summed E-state index contributed by atoms with van der Waals surface area (Å²) in [6.07, 6.45) is -3.16. The summed E-state index contributed by atoms with van der Waals surface area (Å²) < 4.78 is 40.1. The van der Waals surface area contributed by atoms with E-state index in [9.17, 15) is 18.0 Å². The summed E-state index contributed by atoms with van der Waals surface area (Å²) in [6.45, 7) is 0. The highest BCUT2D eigenvalue weighted by atomic mass is 19.4. The first kappa shape index (κ1) is 14.8. The number of alkyl halides is 3. The van der Waals surface area contributed by atoms with Crippen LogP contribution in [0.25, 0.3) is 0 Å². The Balaban J connectivity index is 2.43. The first-order chi connectivity index (χ1) is 8.32. The van der Waals surface area contributed by atoms with Gasteiger partial charge >= 0.3 is 12.1 Å². The van der Waals surface area contributed by atoms with E-state index in [1.165, 1.54) is 0 Å². The van der Waals surface area contributed by atoms with Gasteiger partial charge in [-0.2, -0.15) is 18.4 Å². The van der Waals surface area contributed by atoms with Gasteiger partial charge in [0, 0.05) is 12.5 Å². The third-order valence-corrected chi connectivity index (χ3v) is 3.06. The average Bonchev–Trinajstić information content (AvgIpc) is 2.29. The van der Waals surface area contributed by atoms with Gasteiger partial charge in [0.25, 0.3) is 0 Å². The lowest BCUT2D eigenvalue weighted by molar-refractivity contribution is -0.203. The Bertz CT molecular complexity index is 330. The quantitative estimate of drug-likeness (QED) is 0.790. The topological polar surface area (TPSA) is 76.1 Å². The van der Waals surface area contributed by atoms with E-state index in [2.05, 4.69) is 4.74 Å². The zero-order chi connectivity index (χ0) is 13.8. The highest BCUT2D eigenvalue weighted by molar-refractivity contribution is 5.75. The molecular weight excluding hydrogens is 249 g/mol. The van der Waals surface area contributed by atoms with Crippen molar-refractivity contribution in [3.05, 3.63) is 0 Å². The van der Waals surface area contributed by atoms with E-state index < -0.39 is 18.2 Å². The molecule has 1 atom stereocenters. The molecule has 0 aliphatic heterocycles. The molecule has 0 amide bonds. The molecule has 2 N–H and O–H groups in total. The fourth-order valence-electron chi connectivity index (χ4n) is 2.05. The van der Waals surface area contributed by atoms with Crippen LogP contribution in [-0.4, -0.2) is 24.3 Å². The van der Waals surface area contributed by atoms with Gasteiger partial charge in [-0.05, 0) is 31.6 Å². The Kier molecular flexibility index (Phi) is 4.96. The van der Waals surface area contributed by atoms with Crippen LogP contribution < -0.4 is 5.73 Å². The van der Waals surface area contributed by atoms with E-state index in [0.29, 0.717) is 0 Å². The number of hydrogen-bond acceptors (Lipinski definition) is 4. The van der Waals surface area contributed by atoms with Crippen LogP contribution in [0.2, 0.25) is 0 Å². The van der Waals surface area contributed by atoms with Crippen LogP contribution >= 0.6 is 0 Å². The van der Waals surface area contributed by atoms with Crippen molar-refractivity contribution in [3.63, 3.8) is 0 Å². The van der Waals surface area contributed by atoms with Crippen LogP contribution in [0.3, 0.4) is 0 Å². The molecule has 0 heterocycles. The molecule has 1 fully saturated rings. The van der Waals surface area contributed by atoms with Crippen LogP contribution in [-0.2, 0) is 9.53 Å². The van der Waals surface area contributed by atoms with Gasteiger partial charge in [-0.25, -0.2) is 4.79 Å². The maximum absolute atomic E-state index is 12.0. The number of carbonyl (C=O) groups is 1. The Morgan fingerprint density at radius 1 is 1.39 bits per heavy atom. The molecule has 0 bridgehead atoms. The Hall–Kier alpha value is -1.29. The third kappa shape index (κ3) is 4.53. The Morgan fingerprint density at radius 3 is 2.39 bits per heavy atom. The number of carbonyl (C=O) groups excluding carboxylic acids is 1. The molecule has 4 nitrogen and oxygen atoms in total. The van der Waals surface area contributed by atoms with Crippen LogP contribution in [0.5, 0.6) is 0 Å². The van der Waals surface area contributed by atoms with Crippen molar-refractivity contribution in [2.45, 2.75) is 50.4 Å². The highest BCUT2D eigenvalue weighted by Gasteiger charge is 2.42. The number of ether oxygens (including phenoxy) is 1. The lowest BCUT2D eigenvalue weighted by atomic mass is 9.83. The van der Waals surface area contributed by atoms with Crippen LogP contribution in [0.4, 0.5) is 13.2 Å². The standard InChI is InChI=1S/C11H15F3N2O2/c12-11(13,14)10(17)18-9(6-15)5-7-1-3-8(16)4-2-7/h7-9H,1-5,16H2. The van der Waals surface area contributed by atoms with E-state index in [-0.39, 0.29) is 18.4 Å². The van der Waals surface area contributed by atoms with E-state index in [0.717, 1.165) is 25.7 Å². The van der Waals surface area contributed by atoms with E-state index in [1.54, 1.807) is 6.07 Å². The van der Waals surface area contributed by atoms with Gasteiger partial charge in [-0.15, -0.1) is 0 Å². The predicted molar refractivity (Wildman–Crippen MR) is 56.1 cm³/mol. The molecule has 0 radical (unpaired) electrons. The van der Waals surface area contributed by atoms with Crippen molar-refractivity contribution < 1.29 is 22.7 Å². The van der Waals surface area contributed by atoms with E-state index in [1.807, 2.05) is 0 Å². The second kappa shape index (κ2) is 6.05. The van der Waals surface area contributed by atoms with Crippen molar-refractivity contribution in [3.8, 4) is 6.07 Å². The van der Waals surface area contributed by atoms with Gasteiger partial charge in [0.1, 0.15) is 6.07 Å². The first-order valence-electron chi connectivity index (χ1n) is 5.76. The van der Waals surface area contributed by atoms with Gasteiger partial charge in [0.2, 0.25) is 0 Å². The van der Waals surface area contributed by atoms with E-state index >= 15 is 0 Å². The molecule has 0 aromatic carbocycles. The van der Waals surface area contributed by atoms with Crippen molar-refractivity contribution in [2.24, 2.45) is 11.7 Å². The molecule has 0 aromatic heterocycles. The van der Waals surface area contributed by atoms with Crippen LogP contribution in [0.1, 0.15) is 32.1 Å². The molecule has 1 unspecified atom stereocenters. The highest BCUT2D eigenvalue weighted by Crippen LogP contribution is 2.28. The molecule has 1 aliphatic carbocycles. The fourth-order valence-corrected chi connectivity index (χ4v) is 2.05. The SMILES string of the molecule is N#CC(CC1CCC(N)CC1)OC(=O)C(F)(F)F. The predicted octanol–water partition coefficient (Wildman–Crippen LogP) is 1.89. The minimum Gasteiger partial charge on any atom is -0.440 e. The summed E-state index contributed by atoms with van der Waals surface area (Å²) in [7, 11) is 0. The lowest BCUT2D eigenvalue weighted by Gasteiger charge is -2.27. The van der Waals surface area contributed by atoms with Gasteiger partial charge in [-0.3, -0.25) is 0 Å². The number of nitrogens with two attached hydrogens (primary N) is 1. The van der Waals surface area contributed by atoms with Crippen molar-refractivity contribution in [2.75, 3.05) is 0 Å². The van der Waals surface area contributed by atoms with E-state index in [4.69, 9.17) is 11.0 Å². The second-order valence-corrected chi connectivity index (χ2v) is 4.54. The number of nitriles is 1. The molecule has 7 heteroatoms. The number of halogens is 3. The monoisotopic (exact) mass is 264 g/mol. The summed E-state index contributed by atoms with van der Waals surface area (Å²) in [5.74, 6) is -2.21. The van der Waals surface area contributed by atoms with Gasteiger partial charge in [0.05, 0.1) is 0 Å². The molecule has 0 saturated heterocycles. The van der Waals surface area contributed by atoms with Gasteiger partial charge in [0.15, 0.2) is 6.10 Å². The molecule has 1 aliphatic rings. The minimum atomic E-state index is -5.05. The van der Waals surface area contributed by atoms with Crippen molar-refractivity contribution in [1.29, 1.82) is 5.26 Å². The number of esters is 1. The molecule has 0 aromatic rings. The number of nitrogens with zero attached hydrogens (tertiary/aromatic N) is 1. The zero-order valence-corrected chi connectivity index (χ0v) is 9.74. The zero-order valence-electron chi connectivity index (χ0n) is 9.74. The van der Waals surface area contributed by atoms with Crippen molar-refractivity contribution >= 4 is 5.97 Å². The van der Waals surface area contributed by atoms with Crippen molar-refractivity contribution in [1.82, 2.24) is 0 Å². The summed E-state index contributed by atoms with van der Waals surface area (Å²) >= 11 is 0. The fraction of sp³-hybridized carbons (Fsp3) is 0.818. The first-order valence-corrected chi connectivity index (χ1v) is 5.76. The summed E-state index contributed by atoms with van der Waals surface area (Å²) in [4.78, 5) is 10.6. The average molecular weight is 264 g/mol. The third-order valence-electron chi connectivity index (χ3n) is 3.06. The lowest BCUT2D eigenvalue weighted by Crippen LogP contribution is -2.32. The second-order valence-electron chi connectivity index (χ2n) is 4.54. The minimum absolute atomic E-state index is 0.0930. The normalized spacial score (nSPS) is 26.2. The summed E-state index contributed by atoms with van der Waals surface area (Å²) in [5.41, 5.74) is 5.70. The summed E-state index contributed by atoms with van der Waals surface area (Å²) in [5, 5.41) is 8.70. The van der Waals surface area contributed by atoms with Crippen LogP contribution in [0.15, 0.2) is 0 Å². The molecule has 102 valence electrons. The molecule has 1 rings (SSSR count). The molecule has 1 saturated carbocycles. The maximum atomic E-state index is 12.0. The van der Waals surface area contributed by atoms with Crippen LogP contribution in [0, 0.1) is 17.2 Å². The number of hydrogen-bond donors (Lipinski definition) is 1. The summed E-state index contributed by atoms with van der Waals surface area (Å²) in [6, 6.07) is 1.71. The maximum Gasteiger partial charge on any atom is 0.490 e. The Morgan fingerprint density at radius 2 is 1.94 bits per heavy atom. The van der Waals surface area contributed by atoms with Gasteiger partial charge < -0.3 is 10.5 Å². The molecule has 0 spiro atoms. The number of rotatable bonds is 3. The van der Waals surface area contributed by atoms with Gasteiger partial charge in [-0.1, -0.05) is 0 Å².